The van der Waals surface area contributed by atoms with Crippen LogP contribution in [-0.2, 0) is 9.53 Å². The first-order chi connectivity index (χ1) is 7.65. The van der Waals surface area contributed by atoms with E-state index in [1.54, 1.807) is 0 Å². The summed E-state index contributed by atoms with van der Waals surface area (Å²) in [6.07, 6.45) is 5.70. The van der Waals surface area contributed by atoms with Gasteiger partial charge in [0.15, 0.2) is 6.10 Å². The second-order valence-electron chi connectivity index (χ2n) is 5.27. The van der Waals surface area contributed by atoms with Gasteiger partial charge in [-0.25, -0.2) is 4.79 Å². The van der Waals surface area contributed by atoms with Gasteiger partial charge < -0.3 is 9.84 Å². The fourth-order valence-electron chi connectivity index (χ4n) is 3.10. The zero-order valence-electron chi connectivity index (χ0n) is 9.95. The van der Waals surface area contributed by atoms with E-state index in [2.05, 4.69) is 9.64 Å². The van der Waals surface area contributed by atoms with E-state index in [1.807, 2.05) is 0 Å². The molecule has 1 aliphatic heterocycles. The number of hydrogen-bond acceptors (Lipinski definition) is 4. The summed E-state index contributed by atoms with van der Waals surface area (Å²) in [5.74, 6) is -0.524. The van der Waals surface area contributed by atoms with Crippen molar-refractivity contribution in [3.05, 3.63) is 0 Å². The minimum Gasteiger partial charge on any atom is -0.467 e. The van der Waals surface area contributed by atoms with Crippen LogP contribution in [0.3, 0.4) is 0 Å². The van der Waals surface area contributed by atoms with Crippen LogP contribution in [0.15, 0.2) is 0 Å². The number of methoxy groups -OCH3 is 1. The lowest BCUT2D eigenvalue weighted by atomic mass is 9.68. The number of β-amino-alcohol motifs (C(OH)–C–C–N with tert-alkyl or cyclic N) is 1. The van der Waals surface area contributed by atoms with Crippen LogP contribution in [0.5, 0.6) is 0 Å². The van der Waals surface area contributed by atoms with Crippen molar-refractivity contribution in [3.63, 3.8) is 0 Å². The van der Waals surface area contributed by atoms with Crippen molar-refractivity contribution in [2.24, 2.45) is 5.41 Å². The lowest BCUT2D eigenvalue weighted by molar-refractivity contribution is -0.153. The number of carbonyl (C=O) groups excluding carboxylic acids is 1. The molecule has 0 aromatic heterocycles. The average molecular weight is 227 g/mol. The molecule has 1 heterocycles. The first-order valence-electron chi connectivity index (χ1n) is 6.13. The molecule has 0 aromatic rings. The van der Waals surface area contributed by atoms with Gasteiger partial charge in [0.2, 0.25) is 0 Å². The normalized spacial score (nSPS) is 26.1. The van der Waals surface area contributed by atoms with Gasteiger partial charge in [-0.2, -0.15) is 0 Å². The topological polar surface area (TPSA) is 49.8 Å². The molecule has 0 bridgehead atoms. The Balaban J connectivity index is 1.73. The average Bonchev–Trinajstić information content (AvgIpc) is 2.27. The van der Waals surface area contributed by atoms with Gasteiger partial charge in [-0.1, -0.05) is 19.3 Å². The Bertz CT molecular complexity index is 253. The minimum absolute atomic E-state index is 0.425. The van der Waals surface area contributed by atoms with Gasteiger partial charge in [0.05, 0.1) is 7.11 Å². The number of hydrogen-bond donors (Lipinski definition) is 1. The molecule has 1 atom stereocenters. The van der Waals surface area contributed by atoms with E-state index < -0.39 is 12.1 Å². The smallest absolute Gasteiger partial charge is 0.336 e. The Morgan fingerprint density at radius 3 is 2.56 bits per heavy atom. The van der Waals surface area contributed by atoms with E-state index in [-0.39, 0.29) is 0 Å². The van der Waals surface area contributed by atoms with Crippen molar-refractivity contribution < 1.29 is 14.6 Å². The zero-order valence-corrected chi connectivity index (χ0v) is 9.95. The van der Waals surface area contributed by atoms with Gasteiger partial charge in [-0.3, -0.25) is 4.90 Å². The van der Waals surface area contributed by atoms with E-state index in [4.69, 9.17) is 0 Å². The predicted octanol–water partition coefficient (Wildman–Crippen LogP) is 0.786. The zero-order chi connectivity index (χ0) is 11.6. The van der Waals surface area contributed by atoms with Gasteiger partial charge in [0.1, 0.15) is 0 Å². The molecule has 2 aliphatic rings. The van der Waals surface area contributed by atoms with Crippen molar-refractivity contribution in [1.29, 1.82) is 0 Å². The summed E-state index contributed by atoms with van der Waals surface area (Å²) in [6.45, 7) is 2.51. The summed E-state index contributed by atoms with van der Waals surface area (Å²) in [7, 11) is 1.31. The van der Waals surface area contributed by atoms with Crippen molar-refractivity contribution >= 4 is 5.97 Å². The van der Waals surface area contributed by atoms with Crippen LogP contribution in [0.1, 0.15) is 32.1 Å². The maximum absolute atomic E-state index is 11.1. The lowest BCUT2D eigenvalue weighted by Crippen LogP contribution is -2.59. The molecule has 0 amide bonds. The first kappa shape index (κ1) is 11.9. The molecule has 4 heteroatoms. The Hall–Kier alpha value is -0.610. The highest BCUT2D eigenvalue weighted by Crippen LogP contribution is 2.43. The Morgan fingerprint density at radius 1 is 1.38 bits per heavy atom. The molecule has 1 spiro atoms. The summed E-state index contributed by atoms with van der Waals surface area (Å²) >= 11 is 0. The molecule has 2 fully saturated rings. The first-order valence-corrected chi connectivity index (χ1v) is 6.13. The Kier molecular flexibility index (Phi) is 3.50. The van der Waals surface area contributed by atoms with Crippen LogP contribution in [0.2, 0.25) is 0 Å². The summed E-state index contributed by atoms with van der Waals surface area (Å²) in [6, 6.07) is 0. The Labute approximate surface area is 96.6 Å². The third-order valence-corrected chi connectivity index (χ3v) is 3.94. The maximum Gasteiger partial charge on any atom is 0.336 e. The standard InChI is InChI=1S/C12H21NO3/c1-16-11(15)10(14)7-13-8-12(9-13)5-3-2-4-6-12/h10,14H,2-9H2,1H3. The monoisotopic (exact) mass is 227 g/mol. The van der Waals surface area contributed by atoms with Crippen LogP contribution in [0, 0.1) is 5.41 Å². The predicted molar refractivity (Wildman–Crippen MR) is 60.0 cm³/mol. The number of nitrogens with zero attached hydrogens (tertiary/aromatic N) is 1. The van der Waals surface area contributed by atoms with Crippen LogP contribution < -0.4 is 0 Å². The lowest BCUT2D eigenvalue weighted by Gasteiger charge is -2.52. The van der Waals surface area contributed by atoms with Gasteiger partial charge >= 0.3 is 5.97 Å². The Morgan fingerprint density at radius 2 is 2.00 bits per heavy atom. The maximum atomic E-state index is 11.1. The highest BCUT2D eigenvalue weighted by molar-refractivity contribution is 5.74. The molecule has 2 rings (SSSR count). The molecular weight excluding hydrogens is 206 g/mol. The van der Waals surface area contributed by atoms with Crippen LogP contribution in [0.4, 0.5) is 0 Å². The number of esters is 1. The molecule has 1 unspecified atom stereocenters. The molecular formula is C12H21NO3. The van der Waals surface area contributed by atoms with Gasteiger partial charge in [0, 0.05) is 19.6 Å². The molecule has 4 nitrogen and oxygen atoms in total. The quantitative estimate of drug-likeness (QED) is 0.724. The second-order valence-corrected chi connectivity index (χ2v) is 5.27. The summed E-state index contributed by atoms with van der Waals surface area (Å²) in [5, 5.41) is 9.52. The third-order valence-electron chi connectivity index (χ3n) is 3.94. The van der Waals surface area contributed by atoms with Crippen molar-refractivity contribution in [1.82, 2.24) is 4.90 Å². The van der Waals surface area contributed by atoms with Crippen molar-refractivity contribution in [3.8, 4) is 0 Å². The molecule has 92 valence electrons. The van der Waals surface area contributed by atoms with E-state index in [1.165, 1.54) is 39.2 Å². The molecule has 1 saturated carbocycles. The van der Waals surface area contributed by atoms with E-state index in [9.17, 15) is 9.90 Å². The number of rotatable bonds is 3. The van der Waals surface area contributed by atoms with Crippen molar-refractivity contribution in [2.45, 2.75) is 38.2 Å². The molecule has 1 N–H and O–H groups in total. The number of aliphatic hydroxyl groups excluding tert-OH is 1. The molecule has 1 aliphatic carbocycles. The minimum atomic E-state index is -0.981. The number of carbonyl (C=O) groups is 1. The van der Waals surface area contributed by atoms with Gasteiger partial charge in [-0.15, -0.1) is 0 Å². The third kappa shape index (κ3) is 2.38. The fraction of sp³-hybridized carbons (Fsp3) is 0.917. The summed E-state index contributed by atoms with van der Waals surface area (Å²) < 4.78 is 4.50. The SMILES string of the molecule is COC(=O)C(O)CN1CC2(CCCCC2)C1. The van der Waals surface area contributed by atoms with Crippen molar-refractivity contribution in [2.75, 3.05) is 26.7 Å². The number of likely N-dealkylation sites (tertiary alicyclic amines) is 1. The largest absolute Gasteiger partial charge is 0.467 e. The number of aliphatic hydroxyl groups is 1. The van der Waals surface area contributed by atoms with Crippen LogP contribution in [0.25, 0.3) is 0 Å². The molecule has 16 heavy (non-hydrogen) atoms. The van der Waals surface area contributed by atoms with Crippen LogP contribution in [-0.4, -0.2) is 48.8 Å². The van der Waals surface area contributed by atoms with Crippen LogP contribution >= 0.6 is 0 Å². The second kappa shape index (κ2) is 4.72. The highest BCUT2D eigenvalue weighted by atomic mass is 16.5. The fourth-order valence-corrected chi connectivity index (χ4v) is 3.10. The molecule has 0 radical (unpaired) electrons. The van der Waals surface area contributed by atoms with E-state index in [0.717, 1.165) is 13.1 Å². The summed E-state index contributed by atoms with van der Waals surface area (Å²) in [4.78, 5) is 13.2. The molecule has 0 aromatic carbocycles. The van der Waals surface area contributed by atoms with E-state index >= 15 is 0 Å². The van der Waals surface area contributed by atoms with Gasteiger partial charge in [0.25, 0.3) is 0 Å². The number of ether oxygens (including phenoxy) is 1. The highest BCUT2D eigenvalue weighted by Gasteiger charge is 2.43. The summed E-state index contributed by atoms with van der Waals surface area (Å²) in [5.41, 5.74) is 0.508. The van der Waals surface area contributed by atoms with Gasteiger partial charge in [-0.05, 0) is 18.3 Å². The molecule has 1 saturated heterocycles. The van der Waals surface area contributed by atoms with E-state index in [0.29, 0.717) is 12.0 Å².